The summed E-state index contributed by atoms with van der Waals surface area (Å²) >= 11 is 0. The lowest BCUT2D eigenvalue weighted by atomic mass is 10.5. The molecule has 0 aromatic carbocycles. The Kier molecular flexibility index (Phi) is 2.76. The van der Waals surface area contributed by atoms with Gasteiger partial charge in [0.2, 0.25) is 5.91 Å². The van der Waals surface area contributed by atoms with Crippen LogP contribution >= 0.6 is 0 Å². The molecular formula is C6H11N5O. The van der Waals surface area contributed by atoms with Crippen molar-refractivity contribution in [2.24, 2.45) is 12.8 Å². The van der Waals surface area contributed by atoms with Crippen LogP contribution in [0.4, 0.5) is 0 Å². The summed E-state index contributed by atoms with van der Waals surface area (Å²) in [6.07, 6.45) is 1.46. The van der Waals surface area contributed by atoms with Gasteiger partial charge in [-0.1, -0.05) is 0 Å². The van der Waals surface area contributed by atoms with Gasteiger partial charge in [-0.25, -0.2) is 4.98 Å². The molecule has 1 aromatic rings. The van der Waals surface area contributed by atoms with E-state index in [1.807, 2.05) is 0 Å². The highest BCUT2D eigenvalue weighted by Crippen LogP contribution is 1.87. The molecule has 0 unspecified atom stereocenters. The average Bonchev–Trinajstić information content (AvgIpc) is 2.36. The van der Waals surface area contributed by atoms with E-state index in [1.54, 1.807) is 11.7 Å². The Labute approximate surface area is 69.8 Å². The van der Waals surface area contributed by atoms with Gasteiger partial charge in [-0.2, -0.15) is 5.10 Å². The van der Waals surface area contributed by atoms with Gasteiger partial charge < -0.3 is 11.1 Å². The average molecular weight is 169 g/mol. The summed E-state index contributed by atoms with van der Waals surface area (Å²) in [6, 6.07) is 0. The van der Waals surface area contributed by atoms with Crippen molar-refractivity contribution in [1.29, 1.82) is 0 Å². The SMILES string of the molecule is Cn1ncnc1CNCC(N)=O. The van der Waals surface area contributed by atoms with Crippen molar-refractivity contribution in [2.75, 3.05) is 6.54 Å². The summed E-state index contributed by atoms with van der Waals surface area (Å²) < 4.78 is 1.63. The van der Waals surface area contributed by atoms with Crippen molar-refractivity contribution in [3.8, 4) is 0 Å². The molecule has 0 saturated heterocycles. The Morgan fingerprint density at radius 2 is 2.58 bits per heavy atom. The lowest BCUT2D eigenvalue weighted by molar-refractivity contribution is -0.117. The minimum Gasteiger partial charge on any atom is -0.369 e. The third-order valence-electron chi connectivity index (χ3n) is 1.39. The lowest BCUT2D eigenvalue weighted by Gasteiger charge is -2.00. The van der Waals surface area contributed by atoms with Crippen molar-refractivity contribution in [1.82, 2.24) is 20.1 Å². The summed E-state index contributed by atoms with van der Waals surface area (Å²) in [5, 5.41) is 6.69. The summed E-state index contributed by atoms with van der Waals surface area (Å²) in [7, 11) is 1.79. The molecule has 0 fully saturated rings. The predicted octanol–water partition coefficient (Wildman–Crippen LogP) is -1.61. The van der Waals surface area contributed by atoms with Gasteiger partial charge in [0, 0.05) is 7.05 Å². The fourth-order valence-corrected chi connectivity index (χ4v) is 0.778. The fourth-order valence-electron chi connectivity index (χ4n) is 0.778. The normalized spacial score (nSPS) is 10.1. The summed E-state index contributed by atoms with van der Waals surface area (Å²) in [4.78, 5) is 14.3. The van der Waals surface area contributed by atoms with Crippen LogP contribution in [0, 0.1) is 0 Å². The first-order valence-corrected chi connectivity index (χ1v) is 3.52. The molecule has 1 heterocycles. The van der Waals surface area contributed by atoms with E-state index >= 15 is 0 Å². The maximum Gasteiger partial charge on any atom is 0.231 e. The lowest BCUT2D eigenvalue weighted by Crippen LogP contribution is -2.28. The first-order valence-electron chi connectivity index (χ1n) is 3.52. The monoisotopic (exact) mass is 169 g/mol. The molecule has 1 rings (SSSR count). The number of carbonyl (C=O) groups is 1. The standard InChI is InChI=1S/C6H11N5O/c1-11-6(9-4-10-11)3-8-2-5(7)12/h4,8H,2-3H2,1H3,(H2,7,12). The van der Waals surface area contributed by atoms with Crippen LogP contribution in [0.1, 0.15) is 5.82 Å². The van der Waals surface area contributed by atoms with Crippen molar-refractivity contribution in [3.63, 3.8) is 0 Å². The number of nitrogens with one attached hydrogen (secondary N) is 1. The summed E-state index contributed by atoms with van der Waals surface area (Å²) in [5.41, 5.74) is 4.93. The Morgan fingerprint density at radius 1 is 1.83 bits per heavy atom. The van der Waals surface area contributed by atoms with E-state index in [2.05, 4.69) is 15.4 Å². The molecule has 0 atom stereocenters. The first kappa shape index (κ1) is 8.66. The molecule has 0 spiro atoms. The Morgan fingerprint density at radius 3 is 3.08 bits per heavy atom. The van der Waals surface area contributed by atoms with Crippen LogP contribution in [0.5, 0.6) is 0 Å². The predicted molar refractivity (Wildman–Crippen MR) is 41.9 cm³/mol. The summed E-state index contributed by atoms with van der Waals surface area (Å²) in [5.74, 6) is 0.397. The number of hydrogen-bond acceptors (Lipinski definition) is 4. The number of carbonyl (C=O) groups excluding carboxylic acids is 1. The Bertz CT molecular complexity index is 269. The van der Waals surface area contributed by atoms with E-state index in [1.165, 1.54) is 6.33 Å². The number of primary amides is 1. The number of amides is 1. The van der Waals surface area contributed by atoms with Crippen LogP contribution in [0.25, 0.3) is 0 Å². The van der Waals surface area contributed by atoms with Gasteiger partial charge in [0.05, 0.1) is 13.1 Å². The largest absolute Gasteiger partial charge is 0.369 e. The maximum atomic E-state index is 10.3. The molecule has 0 bridgehead atoms. The van der Waals surface area contributed by atoms with E-state index in [-0.39, 0.29) is 12.5 Å². The molecule has 0 radical (unpaired) electrons. The zero-order valence-corrected chi connectivity index (χ0v) is 6.82. The van der Waals surface area contributed by atoms with Gasteiger partial charge >= 0.3 is 0 Å². The molecule has 0 aliphatic heterocycles. The molecule has 6 nitrogen and oxygen atoms in total. The van der Waals surface area contributed by atoms with Crippen LogP contribution in [0.3, 0.4) is 0 Å². The van der Waals surface area contributed by atoms with E-state index in [0.29, 0.717) is 6.54 Å². The second kappa shape index (κ2) is 3.82. The zero-order valence-electron chi connectivity index (χ0n) is 6.82. The van der Waals surface area contributed by atoms with Gasteiger partial charge in [0.1, 0.15) is 12.2 Å². The Balaban J connectivity index is 2.33. The molecule has 1 amide bonds. The highest BCUT2D eigenvalue weighted by Gasteiger charge is 1.99. The molecule has 0 saturated carbocycles. The topological polar surface area (TPSA) is 85.8 Å². The molecule has 1 aromatic heterocycles. The van der Waals surface area contributed by atoms with Crippen molar-refractivity contribution >= 4 is 5.91 Å². The molecular weight excluding hydrogens is 158 g/mol. The van der Waals surface area contributed by atoms with E-state index in [4.69, 9.17) is 5.73 Å². The number of aromatic nitrogens is 3. The van der Waals surface area contributed by atoms with Crippen molar-refractivity contribution in [3.05, 3.63) is 12.2 Å². The number of nitrogens with zero attached hydrogens (tertiary/aromatic N) is 3. The fraction of sp³-hybridized carbons (Fsp3) is 0.500. The third-order valence-corrected chi connectivity index (χ3v) is 1.39. The molecule has 0 aliphatic rings. The smallest absolute Gasteiger partial charge is 0.231 e. The molecule has 66 valence electrons. The highest BCUT2D eigenvalue weighted by molar-refractivity contribution is 5.75. The van der Waals surface area contributed by atoms with Crippen molar-refractivity contribution < 1.29 is 4.79 Å². The number of rotatable bonds is 4. The van der Waals surface area contributed by atoms with Crippen LogP contribution in [-0.2, 0) is 18.4 Å². The van der Waals surface area contributed by atoms with E-state index in [9.17, 15) is 4.79 Å². The van der Waals surface area contributed by atoms with Crippen LogP contribution in [-0.4, -0.2) is 27.2 Å². The van der Waals surface area contributed by atoms with Crippen LogP contribution in [0.2, 0.25) is 0 Å². The number of aryl methyl sites for hydroxylation is 1. The minimum atomic E-state index is -0.378. The quantitative estimate of drug-likeness (QED) is 0.567. The maximum absolute atomic E-state index is 10.3. The second-order valence-electron chi connectivity index (χ2n) is 2.37. The summed E-state index contributed by atoms with van der Waals surface area (Å²) in [6.45, 7) is 0.659. The highest BCUT2D eigenvalue weighted by atomic mass is 16.1. The van der Waals surface area contributed by atoms with Crippen molar-refractivity contribution in [2.45, 2.75) is 6.54 Å². The van der Waals surface area contributed by atoms with Gasteiger partial charge in [-0.05, 0) is 0 Å². The van der Waals surface area contributed by atoms with Gasteiger partial charge in [0.25, 0.3) is 0 Å². The first-order chi connectivity index (χ1) is 5.70. The van der Waals surface area contributed by atoms with E-state index in [0.717, 1.165) is 5.82 Å². The second-order valence-corrected chi connectivity index (χ2v) is 2.37. The van der Waals surface area contributed by atoms with Crippen LogP contribution < -0.4 is 11.1 Å². The minimum absolute atomic E-state index is 0.160. The number of hydrogen-bond donors (Lipinski definition) is 2. The zero-order chi connectivity index (χ0) is 8.97. The van der Waals surface area contributed by atoms with Gasteiger partial charge in [0.15, 0.2) is 0 Å². The van der Waals surface area contributed by atoms with Gasteiger partial charge in [-0.15, -0.1) is 0 Å². The van der Waals surface area contributed by atoms with Crippen LogP contribution in [0.15, 0.2) is 6.33 Å². The molecule has 12 heavy (non-hydrogen) atoms. The number of nitrogens with two attached hydrogens (primary N) is 1. The molecule has 0 aliphatic carbocycles. The Hall–Kier alpha value is -1.43. The van der Waals surface area contributed by atoms with E-state index < -0.39 is 0 Å². The third kappa shape index (κ3) is 2.31. The molecule has 3 N–H and O–H groups in total. The van der Waals surface area contributed by atoms with Gasteiger partial charge in [-0.3, -0.25) is 9.48 Å². The molecule has 6 heteroatoms.